The monoisotopic (exact) mass is 309 g/mol. The van der Waals surface area contributed by atoms with Crippen LogP contribution in [0.25, 0.3) is 0 Å². The average molecular weight is 309 g/mol. The molecule has 3 saturated heterocycles. The van der Waals surface area contributed by atoms with Crippen LogP contribution in [0.3, 0.4) is 0 Å². The van der Waals surface area contributed by atoms with Crippen molar-refractivity contribution in [2.45, 2.75) is 44.6 Å². The van der Waals surface area contributed by atoms with Crippen LogP contribution in [0.15, 0.2) is 0 Å². The van der Waals surface area contributed by atoms with E-state index in [4.69, 9.17) is 4.84 Å². The first-order valence-electron chi connectivity index (χ1n) is 7.68. The van der Waals surface area contributed by atoms with E-state index in [2.05, 4.69) is 0 Å². The van der Waals surface area contributed by atoms with Crippen molar-refractivity contribution in [1.82, 2.24) is 14.9 Å². The van der Waals surface area contributed by atoms with Gasteiger partial charge in [-0.25, -0.2) is 4.79 Å². The fourth-order valence-corrected chi connectivity index (χ4v) is 3.21. The third-order valence-corrected chi connectivity index (χ3v) is 4.45. The van der Waals surface area contributed by atoms with Crippen molar-refractivity contribution in [1.29, 1.82) is 0 Å². The first-order chi connectivity index (χ1) is 10.6. The Morgan fingerprint density at radius 2 is 1.55 bits per heavy atom. The van der Waals surface area contributed by atoms with Gasteiger partial charge in [0.2, 0.25) is 5.91 Å². The summed E-state index contributed by atoms with van der Waals surface area (Å²) in [6, 6.07) is 0.175. The molecule has 0 N–H and O–H groups in total. The van der Waals surface area contributed by atoms with Gasteiger partial charge in [0.25, 0.3) is 11.8 Å². The number of hydrogen-bond acceptors (Lipinski definition) is 5. The summed E-state index contributed by atoms with van der Waals surface area (Å²) < 4.78 is 0. The molecule has 3 heterocycles. The number of amides is 4. The Labute approximate surface area is 127 Å². The van der Waals surface area contributed by atoms with Crippen LogP contribution in [-0.4, -0.2) is 64.4 Å². The molecule has 3 aliphatic heterocycles. The summed E-state index contributed by atoms with van der Waals surface area (Å²) in [5.41, 5.74) is 0. The molecule has 0 bridgehead atoms. The number of likely N-dealkylation sites (tertiary alicyclic amines) is 2. The molecule has 120 valence electrons. The molecule has 3 rings (SSSR count). The van der Waals surface area contributed by atoms with E-state index in [9.17, 15) is 19.2 Å². The molecule has 0 aliphatic carbocycles. The van der Waals surface area contributed by atoms with Gasteiger partial charge in [-0.2, -0.15) is 0 Å². The molecule has 22 heavy (non-hydrogen) atoms. The van der Waals surface area contributed by atoms with Crippen LogP contribution < -0.4 is 0 Å². The maximum Gasteiger partial charge on any atom is 0.434 e. The fraction of sp³-hybridized carbons (Fsp3) is 0.714. The number of hydrogen-bond donors (Lipinski definition) is 0. The SMILES string of the molecule is O=C(ON1C(=O)CCC1=O)N1CCC(N2CCCC2=O)CC1. The highest BCUT2D eigenvalue weighted by atomic mass is 16.7. The molecule has 0 aromatic heterocycles. The third kappa shape index (κ3) is 2.77. The lowest BCUT2D eigenvalue weighted by molar-refractivity contribution is -0.174. The number of nitrogens with zero attached hydrogens (tertiary/aromatic N) is 3. The highest BCUT2D eigenvalue weighted by Gasteiger charge is 2.36. The molecular formula is C14H19N3O5. The van der Waals surface area contributed by atoms with Gasteiger partial charge in [0, 0.05) is 44.9 Å². The Hall–Kier alpha value is -2.12. The molecule has 0 spiro atoms. The number of carbonyl (C=O) groups excluding carboxylic acids is 4. The Balaban J connectivity index is 1.50. The minimum atomic E-state index is -0.671. The van der Waals surface area contributed by atoms with Crippen LogP contribution in [-0.2, 0) is 19.2 Å². The Bertz CT molecular complexity index is 497. The minimum Gasteiger partial charge on any atom is -0.340 e. The first kappa shape index (κ1) is 14.8. The fourth-order valence-electron chi connectivity index (χ4n) is 3.21. The van der Waals surface area contributed by atoms with Gasteiger partial charge in [0.05, 0.1) is 0 Å². The zero-order valence-electron chi connectivity index (χ0n) is 12.3. The van der Waals surface area contributed by atoms with E-state index in [0.29, 0.717) is 37.4 Å². The summed E-state index contributed by atoms with van der Waals surface area (Å²) in [6.45, 7) is 1.72. The maximum absolute atomic E-state index is 12.0. The molecule has 8 heteroatoms. The lowest BCUT2D eigenvalue weighted by atomic mass is 10.0. The van der Waals surface area contributed by atoms with Gasteiger partial charge in [-0.3, -0.25) is 14.4 Å². The standard InChI is InChI=1S/C14H19N3O5/c18-11-2-1-7-16(11)10-5-8-15(9-6-10)14(21)22-17-12(19)3-4-13(17)20/h10H,1-9H2. The van der Waals surface area contributed by atoms with E-state index in [-0.39, 0.29) is 24.8 Å². The zero-order chi connectivity index (χ0) is 15.7. The van der Waals surface area contributed by atoms with Crippen LogP contribution >= 0.6 is 0 Å². The molecule has 3 fully saturated rings. The van der Waals surface area contributed by atoms with Crippen molar-refractivity contribution in [3.63, 3.8) is 0 Å². The van der Waals surface area contributed by atoms with Crippen molar-refractivity contribution in [2.24, 2.45) is 0 Å². The van der Waals surface area contributed by atoms with Crippen LogP contribution in [0.5, 0.6) is 0 Å². The number of piperidine rings is 1. The molecule has 0 unspecified atom stereocenters. The van der Waals surface area contributed by atoms with Gasteiger partial charge in [0.1, 0.15) is 0 Å². The molecule has 0 aromatic rings. The van der Waals surface area contributed by atoms with Crippen LogP contribution in [0.1, 0.15) is 38.5 Å². The summed E-state index contributed by atoms with van der Waals surface area (Å²) in [6.07, 6.45) is 2.42. The molecule has 0 atom stereocenters. The number of hydroxylamine groups is 2. The van der Waals surface area contributed by atoms with Crippen LogP contribution in [0, 0.1) is 0 Å². The van der Waals surface area contributed by atoms with Crippen molar-refractivity contribution >= 4 is 23.8 Å². The second-order valence-electron chi connectivity index (χ2n) is 5.85. The van der Waals surface area contributed by atoms with E-state index in [1.807, 2.05) is 4.90 Å². The molecule has 0 saturated carbocycles. The molecule has 3 aliphatic rings. The largest absolute Gasteiger partial charge is 0.434 e. The number of rotatable bonds is 2. The van der Waals surface area contributed by atoms with Crippen molar-refractivity contribution < 1.29 is 24.0 Å². The van der Waals surface area contributed by atoms with Crippen molar-refractivity contribution in [3.8, 4) is 0 Å². The summed E-state index contributed by atoms with van der Waals surface area (Å²) in [4.78, 5) is 54.9. The quantitative estimate of drug-likeness (QED) is 0.684. The van der Waals surface area contributed by atoms with E-state index >= 15 is 0 Å². The summed E-state index contributed by atoms with van der Waals surface area (Å²) in [5, 5.41) is 0.568. The van der Waals surface area contributed by atoms with Crippen LogP contribution in [0.2, 0.25) is 0 Å². The normalized spacial score (nSPS) is 23.6. The van der Waals surface area contributed by atoms with Crippen molar-refractivity contribution in [2.75, 3.05) is 19.6 Å². The lowest BCUT2D eigenvalue weighted by Gasteiger charge is -2.36. The summed E-state index contributed by atoms with van der Waals surface area (Å²) in [7, 11) is 0. The Kier molecular flexibility index (Phi) is 4.00. The smallest absolute Gasteiger partial charge is 0.340 e. The Morgan fingerprint density at radius 1 is 0.909 bits per heavy atom. The van der Waals surface area contributed by atoms with Crippen LogP contribution in [0.4, 0.5) is 4.79 Å². The van der Waals surface area contributed by atoms with Crippen molar-refractivity contribution in [3.05, 3.63) is 0 Å². The predicted molar refractivity (Wildman–Crippen MR) is 73.1 cm³/mol. The predicted octanol–water partition coefficient (Wildman–Crippen LogP) is 0.274. The maximum atomic E-state index is 12.0. The summed E-state index contributed by atoms with van der Waals surface area (Å²) in [5.74, 6) is -0.763. The van der Waals surface area contributed by atoms with E-state index < -0.39 is 17.9 Å². The molecular weight excluding hydrogens is 290 g/mol. The van der Waals surface area contributed by atoms with Gasteiger partial charge >= 0.3 is 6.09 Å². The highest BCUT2D eigenvalue weighted by molar-refractivity contribution is 6.01. The first-order valence-corrected chi connectivity index (χ1v) is 7.68. The molecule has 0 aromatic carbocycles. The van der Waals surface area contributed by atoms with Gasteiger partial charge in [-0.1, -0.05) is 0 Å². The number of imide groups is 1. The van der Waals surface area contributed by atoms with E-state index in [1.54, 1.807) is 0 Å². The average Bonchev–Trinajstić information content (AvgIpc) is 3.08. The molecule has 4 amide bonds. The molecule has 0 radical (unpaired) electrons. The second-order valence-corrected chi connectivity index (χ2v) is 5.85. The van der Waals surface area contributed by atoms with Gasteiger partial charge in [-0.05, 0) is 19.3 Å². The zero-order valence-corrected chi connectivity index (χ0v) is 12.3. The highest BCUT2D eigenvalue weighted by Crippen LogP contribution is 2.23. The summed E-state index contributed by atoms with van der Waals surface area (Å²) >= 11 is 0. The van der Waals surface area contributed by atoms with Gasteiger partial charge in [-0.15, -0.1) is 5.06 Å². The third-order valence-electron chi connectivity index (χ3n) is 4.45. The van der Waals surface area contributed by atoms with Gasteiger partial charge in [0.15, 0.2) is 0 Å². The Morgan fingerprint density at radius 3 is 2.09 bits per heavy atom. The van der Waals surface area contributed by atoms with E-state index in [0.717, 1.165) is 13.0 Å². The second kappa shape index (κ2) is 5.94. The van der Waals surface area contributed by atoms with Gasteiger partial charge < -0.3 is 14.6 Å². The molecule has 8 nitrogen and oxygen atoms in total. The topological polar surface area (TPSA) is 87.2 Å². The minimum absolute atomic E-state index is 0.0886. The van der Waals surface area contributed by atoms with E-state index in [1.165, 1.54) is 4.90 Å². The lowest BCUT2D eigenvalue weighted by Crippen LogP contribution is -2.48. The number of carbonyl (C=O) groups is 4.